The molecular formula is C8H12N4O3. The van der Waals surface area contributed by atoms with Crippen LogP contribution in [-0.4, -0.2) is 47.7 Å². The Hall–Kier alpha value is -2.05. The molecule has 0 bridgehead atoms. The number of methoxy groups -OCH3 is 1. The van der Waals surface area contributed by atoms with E-state index in [1.54, 1.807) is 0 Å². The van der Waals surface area contributed by atoms with Crippen LogP contribution in [0.2, 0.25) is 0 Å². The van der Waals surface area contributed by atoms with Crippen molar-refractivity contribution < 1.29 is 14.3 Å². The van der Waals surface area contributed by atoms with Crippen molar-refractivity contribution in [2.75, 3.05) is 26.4 Å². The zero-order valence-corrected chi connectivity index (χ0v) is 8.48. The van der Waals surface area contributed by atoms with Gasteiger partial charge in [0.15, 0.2) is 0 Å². The zero-order chi connectivity index (χ0) is 11.4. The number of aromatic nitrogens is 2. The average Bonchev–Trinajstić information content (AvgIpc) is 2.63. The molecule has 0 aromatic carbocycles. The Bertz CT molecular complexity index is 374. The minimum Gasteiger partial charge on any atom is -0.468 e. The number of carbonyl (C=O) groups excluding carboxylic acids is 2. The maximum absolute atomic E-state index is 11.6. The number of nitrogens with zero attached hydrogens (tertiary/aromatic N) is 2. The zero-order valence-electron chi connectivity index (χ0n) is 8.48. The molecule has 1 aromatic rings. The molecule has 15 heavy (non-hydrogen) atoms. The van der Waals surface area contributed by atoms with Crippen molar-refractivity contribution in [1.29, 1.82) is 0 Å². The summed E-state index contributed by atoms with van der Waals surface area (Å²) >= 11 is 0. The number of esters is 1. The minimum atomic E-state index is -0.496. The Morgan fingerprint density at radius 3 is 2.80 bits per heavy atom. The molecule has 7 nitrogen and oxygen atoms in total. The molecule has 0 aliphatic rings. The number of carbonyl (C=O) groups is 2. The summed E-state index contributed by atoms with van der Waals surface area (Å²) in [6, 6.07) is 0. The Morgan fingerprint density at radius 1 is 1.67 bits per heavy atom. The van der Waals surface area contributed by atoms with Crippen molar-refractivity contribution in [2.45, 2.75) is 0 Å². The fourth-order valence-corrected chi connectivity index (χ4v) is 0.988. The fourth-order valence-electron chi connectivity index (χ4n) is 0.988. The van der Waals surface area contributed by atoms with Crippen LogP contribution in [0.5, 0.6) is 0 Å². The van der Waals surface area contributed by atoms with Gasteiger partial charge in [-0.15, -0.1) is 0 Å². The molecule has 0 radical (unpaired) electrons. The van der Waals surface area contributed by atoms with Gasteiger partial charge in [-0.05, 0) is 0 Å². The van der Waals surface area contributed by atoms with Gasteiger partial charge in [0.1, 0.15) is 12.2 Å². The molecule has 1 rings (SSSR count). The predicted molar refractivity (Wildman–Crippen MR) is 52.0 cm³/mol. The SMILES string of the molecule is COC(=O)CN(C)C(=O)c1[nH]ncc1N. The first kappa shape index (κ1) is 11.0. The molecule has 0 atom stereocenters. The van der Waals surface area contributed by atoms with Gasteiger partial charge in [-0.25, -0.2) is 0 Å². The maximum atomic E-state index is 11.6. The monoisotopic (exact) mass is 212 g/mol. The summed E-state index contributed by atoms with van der Waals surface area (Å²) in [6.07, 6.45) is 1.33. The predicted octanol–water partition coefficient (Wildman–Crippen LogP) is -0.763. The second-order valence-corrected chi connectivity index (χ2v) is 2.94. The molecule has 3 N–H and O–H groups in total. The largest absolute Gasteiger partial charge is 0.468 e. The molecule has 82 valence electrons. The van der Waals surface area contributed by atoms with Crippen molar-refractivity contribution in [3.63, 3.8) is 0 Å². The van der Waals surface area contributed by atoms with Crippen molar-refractivity contribution in [3.05, 3.63) is 11.9 Å². The maximum Gasteiger partial charge on any atom is 0.325 e. The molecule has 0 spiro atoms. The molecule has 0 saturated carbocycles. The van der Waals surface area contributed by atoms with Crippen LogP contribution in [0, 0.1) is 0 Å². The van der Waals surface area contributed by atoms with Gasteiger partial charge in [0.05, 0.1) is 19.0 Å². The number of nitrogens with two attached hydrogens (primary N) is 1. The third-order valence-corrected chi connectivity index (χ3v) is 1.82. The van der Waals surface area contributed by atoms with E-state index in [2.05, 4.69) is 14.9 Å². The highest BCUT2D eigenvalue weighted by molar-refractivity contribution is 5.98. The summed E-state index contributed by atoms with van der Waals surface area (Å²) in [5, 5.41) is 6.07. The van der Waals surface area contributed by atoms with Gasteiger partial charge < -0.3 is 15.4 Å². The quantitative estimate of drug-likeness (QED) is 0.641. The summed E-state index contributed by atoms with van der Waals surface area (Å²) in [5.41, 5.74) is 5.90. The number of ether oxygens (including phenoxy) is 1. The lowest BCUT2D eigenvalue weighted by Gasteiger charge is -2.14. The lowest BCUT2D eigenvalue weighted by atomic mass is 10.3. The van der Waals surface area contributed by atoms with E-state index in [1.165, 1.54) is 25.3 Å². The molecule has 1 aromatic heterocycles. The first-order valence-corrected chi connectivity index (χ1v) is 4.17. The average molecular weight is 212 g/mol. The standard InChI is InChI=1S/C8H12N4O3/c1-12(4-6(13)15-2)8(14)7-5(9)3-10-11-7/h3H,4,9H2,1-2H3,(H,10,11). The Balaban J connectivity index is 2.69. The summed E-state index contributed by atoms with van der Waals surface area (Å²) in [4.78, 5) is 23.7. The number of nitrogen functional groups attached to an aromatic ring is 1. The number of likely N-dealkylation sites (N-methyl/N-ethyl adjacent to an activating group) is 1. The van der Waals surface area contributed by atoms with Gasteiger partial charge in [0, 0.05) is 7.05 Å². The molecular weight excluding hydrogens is 200 g/mol. The van der Waals surface area contributed by atoms with E-state index >= 15 is 0 Å². The van der Waals surface area contributed by atoms with E-state index in [0.29, 0.717) is 0 Å². The van der Waals surface area contributed by atoms with Crippen LogP contribution in [0.15, 0.2) is 6.20 Å². The van der Waals surface area contributed by atoms with Gasteiger partial charge in [-0.3, -0.25) is 14.7 Å². The van der Waals surface area contributed by atoms with Crippen LogP contribution in [0.1, 0.15) is 10.5 Å². The van der Waals surface area contributed by atoms with E-state index in [1.807, 2.05) is 0 Å². The first-order chi connectivity index (χ1) is 7.06. The van der Waals surface area contributed by atoms with Crippen LogP contribution in [0.25, 0.3) is 0 Å². The van der Waals surface area contributed by atoms with Gasteiger partial charge in [-0.2, -0.15) is 5.10 Å². The summed E-state index contributed by atoms with van der Waals surface area (Å²) < 4.78 is 4.43. The topological polar surface area (TPSA) is 101 Å². The van der Waals surface area contributed by atoms with Crippen molar-refractivity contribution in [1.82, 2.24) is 15.1 Å². The summed E-state index contributed by atoms with van der Waals surface area (Å²) in [7, 11) is 2.73. The summed E-state index contributed by atoms with van der Waals surface area (Å²) in [5.74, 6) is -0.903. The number of nitrogens with one attached hydrogen (secondary N) is 1. The number of hydrogen-bond donors (Lipinski definition) is 2. The molecule has 1 amide bonds. The lowest BCUT2D eigenvalue weighted by molar-refractivity contribution is -0.141. The van der Waals surface area contributed by atoms with E-state index in [4.69, 9.17) is 5.73 Å². The highest BCUT2D eigenvalue weighted by atomic mass is 16.5. The normalized spacial score (nSPS) is 9.73. The molecule has 1 heterocycles. The van der Waals surface area contributed by atoms with Gasteiger partial charge >= 0.3 is 5.97 Å². The highest BCUT2D eigenvalue weighted by Crippen LogP contribution is 2.08. The van der Waals surface area contributed by atoms with E-state index in [9.17, 15) is 9.59 Å². The number of aromatic amines is 1. The van der Waals surface area contributed by atoms with Gasteiger partial charge in [0.2, 0.25) is 0 Å². The van der Waals surface area contributed by atoms with E-state index in [0.717, 1.165) is 0 Å². The molecule has 0 aliphatic carbocycles. The highest BCUT2D eigenvalue weighted by Gasteiger charge is 2.18. The lowest BCUT2D eigenvalue weighted by Crippen LogP contribution is -2.33. The second kappa shape index (κ2) is 4.45. The van der Waals surface area contributed by atoms with Gasteiger partial charge in [-0.1, -0.05) is 0 Å². The van der Waals surface area contributed by atoms with Crippen molar-refractivity contribution in [3.8, 4) is 0 Å². The van der Waals surface area contributed by atoms with Crippen molar-refractivity contribution in [2.24, 2.45) is 0 Å². The smallest absolute Gasteiger partial charge is 0.325 e. The number of hydrogen-bond acceptors (Lipinski definition) is 5. The molecule has 7 heteroatoms. The van der Waals surface area contributed by atoms with Crippen LogP contribution >= 0.6 is 0 Å². The summed E-state index contributed by atoms with van der Waals surface area (Å²) in [6.45, 7) is -0.131. The van der Waals surface area contributed by atoms with Crippen LogP contribution in [-0.2, 0) is 9.53 Å². The fraction of sp³-hybridized carbons (Fsp3) is 0.375. The molecule has 0 fully saturated rings. The Labute approximate surface area is 86.2 Å². The Morgan fingerprint density at radius 2 is 2.33 bits per heavy atom. The van der Waals surface area contributed by atoms with Gasteiger partial charge in [0.25, 0.3) is 5.91 Å². The number of H-pyrrole nitrogens is 1. The van der Waals surface area contributed by atoms with E-state index < -0.39 is 11.9 Å². The number of anilines is 1. The molecule has 0 saturated heterocycles. The number of amides is 1. The third kappa shape index (κ3) is 2.46. The van der Waals surface area contributed by atoms with Crippen LogP contribution in [0.3, 0.4) is 0 Å². The molecule has 0 unspecified atom stereocenters. The third-order valence-electron chi connectivity index (χ3n) is 1.82. The van der Waals surface area contributed by atoms with Crippen LogP contribution < -0.4 is 5.73 Å². The number of rotatable bonds is 3. The Kier molecular flexibility index (Phi) is 3.27. The molecule has 0 aliphatic heterocycles. The second-order valence-electron chi connectivity index (χ2n) is 2.94. The van der Waals surface area contributed by atoms with Crippen LogP contribution in [0.4, 0.5) is 5.69 Å². The minimum absolute atomic E-state index is 0.131. The first-order valence-electron chi connectivity index (χ1n) is 4.17. The van der Waals surface area contributed by atoms with E-state index in [-0.39, 0.29) is 17.9 Å². The van der Waals surface area contributed by atoms with Crippen molar-refractivity contribution >= 4 is 17.6 Å².